The summed E-state index contributed by atoms with van der Waals surface area (Å²) in [7, 11) is 0. The molecule has 0 radical (unpaired) electrons. The molecule has 2 aromatic rings. The second-order valence-corrected chi connectivity index (χ2v) is 6.01. The average molecular weight is 300 g/mol. The molecule has 0 saturated carbocycles. The summed E-state index contributed by atoms with van der Waals surface area (Å²) in [5.41, 5.74) is 8.99. The number of ether oxygens (including phenoxy) is 1. The van der Waals surface area contributed by atoms with Crippen LogP contribution in [0.2, 0.25) is 5.02 Å². The van der Waals surface area contributed by atoms with Gasteiger partial charge in [-0.3, -0.25) is 4.79 Å². The molecule has 0 saturated heterocycles. The van der Waals surface area contributed by atoms with E-state index >= 15 is 0 Å². The monoisotopic (exact) mass is 299 g/mol. The SMILES string of the molecule is Nc1ccc2c(c1)C(=O)C1CCCc3c(Cl)ccc(c31)O2. The Hall–Kier alpha value is -2.00. The fraction of sp³-hybridized carbons (Fsp3) is 0.235. The van der Waals surface area contributed by atoms with Gasteiger partial charge >= 0.3 is 0 Å². The minimum atomic E-state index is -0.175. The van der Waals surface area contributed by atoms with E-state index < -0.39 is 0 Å². The molecule has 1 aliphatic heterocycles. The lowest BCUT2D eigenvalue weighted by Gasteiger charge is -2.25. The number of hydrogen-bond acceptors (Lipinski definition) is 3. The first-order valence-corrected chi connectivity index (χ1v) is 7.46. The Bertz CT molecular complexity index is 770. The fourth-order valence-electron chi connectivity index (χ4n) is 3.37. The van der Waals surface area contributed by atoms with Crippen molar-refractivity contribution in [1.29, 1.82) is 0 Å². The number of rotatable bonds is 0. The van der Waals surface area contributed by atoms with Gasteiger partial charge in [0.1, 0.15) is 11.5 Å². The van der Waals surface area contributed by atoms with E-state index in [2.05, 4.69) is 0 Å². The van der Waals surface area contributed by atoms with Crippen molar-refractivity contribution in [2.45, 2.75) is 25.2 Å². The van der Waals surface area contributed by atoms with Crippen molar-refractivity contribution < 1.29 is 9.53 Å². The molecule has 0 amide bonds. The minimum Gasteiger partial charge on any atom is -0.456 e. The van der Waals surface area contributed by atoms with Crippen LogP contribution in [-0.4, -0.2) is 5.78 Å². The van der Waals surface area contributed by atoms with Crippen LogP contribution in [0.4, 0.5) is 5.69 Å². The summed E-state index contributed by atoms with van der Waals surface area (Å²) < 4.78 is 5.99. The molecule has 1 atom stereocenters. The first-order valence-electron chi connectivity index (χ1n) is 7.08. The third-order valence-corrected chi connectivity index (χ3v) is 4.69. The maximum atomic E-state index is 12.9. The lowest BCUT2D eigenvalue weighted by molar-refractivity contribution is 0.0952. The quantitative estimate of drug-likeness (QED) is 0.737. The second kappa shape index (κ2) is 4.50. The maximum absolute atomic E-state index is 12.9. The molecule has 0 spiro atoms. The highest BCUT2D eigenvalue weighted by Crippen LogP contribution is 2.47. The number of ketones is 1. The van der Waals surface area contributed by atoms with E-state index in [9.17, 15) is 4.79 Å². The standard InChI is InChI=1S/C17H14ClNO2/c18-13-5-7-15-16-10(13)2-1-3-11(16)17(20)12-8-9(19)4-6-14(12)21-15/h4-8,11H,1-3,19H2. The molecule has 21 heavy (non-hydrogen) atoms. The third kappa shape index (κ3) is 1.84. The molecule has 2 aliphatic rings. The smallest absolute Gasteiger partial charge is 0.174 e. The molecule has 0 aromatic heterocycles. The van der Waals surface area contributed by atoms with Gasteiger partial charge in [0.2, 0.25) is 0 Å². The van der Waals surface area contributed by atoms with Crippen LogP contribution in [0.25, 0.3) is 0 Å². The summed E-state index contributed by atoms with van der Waals surface area (Å²) in [6.45, 7) is 0. The minimum absolute atomic E-state index is 0.0827. The molecule has 1 unspecified atom stereocenters. The summed E-state index contributed by atoms with van der Waals surface area (Å²) >= 11 is 6.31. The highest BCUT2D eigenvalue weighted by Gasteiger charge is 2.35. The molecule has 2 N–H and O–H groups in total. The molecule has 106 valence electrons. The Labute approximate surface area is 127 Å². The van der Waals surface area contributed by atoms with Crippen molar-refractivity contribution in [1.82, 2.24) is 0 Å². The topological polar surface area (TPSA) is 52.3 Å². The Kier molecular flexibility index (Phi) is 2.73. The third-order valence-electron chi connectivity index (χ3n) is 4.33. The number of nitrogen functional groups attached to an aromatic ring is 1. The van der Waals surface area contributed by atoms with Gasteiger partial charge in [0, 0.05) is 16.3 Å². The summed E-state index contributed by atoms with van der Waals surface area (Å²) in [6, 6.07) is 8.94. The highest BCUT2D eigenvalue weighted by molar-refractivity contribution is 6.31. The summed E-state index contributed by atoms with van der Waals surface area (Å²) in [6.07, 6.45) is 2.69. The fourth-order valence-corrected chi connectivity index (χ4v) is 3.63. The Morgan fingerprint density at radius 1 is 1.19 bits per heavy atom. The predicted octanol–water partition coefficient (Wildman–Crippen LogP) is 4.33. The number of carbonyl (C=O) groups excluding carboxylic acids is 1. The Morgan fingerprint density at radius 3 is 2.86 bits per heavy atom. The zero-order valence-corrected chi connectivity index (χ0v) is 12.1. The number of Topliss-reactive ketones (excluding diaryl/α,β-unsaturated/α-hetero) is 1. The average Bonchev–Trinajstić information content (AvgIpc) is 2.61. The zero-order valence-electron chi connectivity index (χ0n) is 11.4. The van der Waals surface area contributed by atoms with Gasteiger partial charge in [-0.25, -0.2) is 0 Å². The van der Waals surface area contributed by atoms with E-state index in [0.29, 0.717) is 17.0 Å². The number of hydrogen-bond donors (Lipinski definition) is 1. The van der Waals surface area contributed by atoms with E-state index in [4.69, 9.17) is 22.1 Å². The van der Waals surface area contributed by atoms with E-state index in [-0.39, 0.29) is 11.7 Å². The maximum Gasteiger partial charge on any atom is 0.174 e. The lowest BCUT2D eigenvalue weighted by Crippen LogP contribution is -2.18. The van der Waals surface area contributed by atoms with Crippen molar-refractivity contribution >= 4 is 23.1 Å². The highest BCUT2D eigenvalue weighted by atomic mass is 35.5. The number of nitrogens with two attached hydrogens (primary N) is 1. The molecule has 3 nitrogen and oxygen atoms in total. The van der Waals surface area contributed by atoms with E-state index in [0.717, 1.165) is 41.2 Å². The van der Waals surface area contributed by atoms with Crippen molar-refractivity contribution in [3.63, 3.8) is 0 Å². The normalized spacial score (nSPS) is 19.3. The Balaban J connectivity index is 1.99. The van der Waals surface area contributed by atoms with Crippen LogP contribution in [0.5, 0.6) is 11.5 Å². The molecular weight excluding hydrogens is 286 g/mol. The second-order valence-electron chi connectivity index (χ2n) is 5.60. The summed E-state index contributed by atoms with van der Waals surface area (Å²) in [5.74, 6) is 1.23. The van der Waals surface area contributed by atoms with E-state index in [1.54, 1.807) is 18.2 Å². The van der Waals surface area contributed by atoms with E-state index in [1.165, 1.54) is 0 Å². The van der Waals surface area contributed by atoms with Crippen molar-refractivity contribution in [3.05, 3.63) is 52.0 Å². The molecule has 4 heteroatoms. The molecule has 0 fully saturated rings. The van der Waals surface area contributed by atoms with Crippen LogP contribution >= 0.6 is 11.6 Å². The number of anilines is 1. The molecule has 1 heterocycles. The van der Waals surface area contributed by atoms with Crippen LogP contribution in [0.15, 0.2) is 30.3 Å². The van der Waals surface area contributed by atoms with Crippen molar-refractivity contribution in [2.24, 2.45) is 0 Å². The van der Waals surface area contributed by atoms with Gasteiger partial charge < -0.3 is 10.5 Å². The van der Waals surface area contributed by atoms with Gasteiger partial charge in [-0.1, -0.05) is 11.6 Å². The zero-order chi connectivity index (χ0) is 14.6. The molecule has 4 rings (SSSR count). The molecule has 2 aromatic carbocycles. The Morgan fingerprint density at radius 2 is 2.00 bits per heavy atom. The molecule has 1 aliphatic carbocycles. The number of halogens is 1. The van der Waals surface area contributed by atoms with Crippen LogP contribution in [0, 0.1) is 0 Å². The predicted molar refractivity (Wildman–Crippen MR) is 82.4 cm³/mol. The van der Waals surface area contributed by atoms with Gasteiger partial charge in [0.05, 0.1) is 11.5 Å². The van der Waals surface area contributed by atoms with Gasteiger partial charge in [-0.05, 0) is 55.2 Å². The van der Waals surface area contributed by atoms with Crippen LogP contribution in [0.3, 0.4) is 0 Å². The summed E-state index contributed by atoms with van der Waals surface area (Å²) in [5, 5.41) is 0.723. The van der Waals surface area contributed by atoms with Crippen LogP contribution in [-0.2, 0) is 6.42 Å². The molecule has 0 bridgehead atoms. The lowest BCUT2D eigenvalue weighted by atomic mass is 9.78. The van der Waals surface area contributed by atoms with Crippen molar-refractivity contribution in [2.75, 3.05) is 5.73 Å². The van der Waals surface area contributed by atoms with Crippen LogP contribution < -0.4 is 10.5 Å². The largest absolute Gasteiger partial charge is 0.456 e. The first kappa shape index (κ1) is 12.7. The van der Waals surface area contributed by atoms with Crippen LogP contribution in [0.1, 0.15) is 40.2 Å². The van der Waals surface area contributed by atoms with Gasteiger partial charge in [0.25, 0.3) is 0 Å². The number of carbonyl (C=O) groups is 1. The van der Waals surface area contributed by atoms with Crippen molar-refractivity contribution in [3.8, 4) is 11.5 Å². The first-order chi connectivity index (χ1) is 10.1. The van der Waals surface area contributed by atoms with E-state index in [1.807, 2.05) is 12.1 Å². The number of benzene rings is 2. The van der Waals surface area contributed by atoms with Gasteiger partial charge in [-0.15, -0.1) is 0 Å². The summed E-state index contributed by atoms with van der Waals surface area (Å²) in [4.78, 5) is 12.9. The van der Waals surface area contributed by atoms with Gasteiger partial charge in [-0.2, -0.15) is 0 Å². The molecular formula is C17H14ClNO2. The van der Waals surface area contributed by atoms with Gasteiger partial charge in [0.15, 0.2) is 5.78 Å². The number of fused-ring (bicyclic) bond motifs is 1.